The third-order valence-corrected chi connectivity index (χ3v) is 6.11. The fourth-order valence-corrected chi connectivity index (χ4v) is 4.28. The summed E-state index contributed by atoms with van der Waals surface area (Å²) in [6, 6.07) is 19.9. The van der Waals surface area contributed by atoms with Crippen LogP contribution >= 0.6 is 0 Å². The van der Waals surface area contributed by atoms with Crippen molar-refractivity contribution in [3.8, 4) is 5.75 Å². The Labute approximate surface area is 212 Å². The summed E-state index contributed by atoms with van der Waals surface area (Å²) in [4.78, 5) is 31.5. The van der Waals surface area contributed by atoms with Crippen molar-refractivity contribution >= 4 is 11.8 Å². The van der Waals surface area contributed by atoms with Gasteiger partial charge in [0, 0.05) is 44.1 Å². The highest BCUT2D eigenvalue weighted by atomic mass is 16.5. The molecule has 1 aromatic heterocycles. The normalized spacial score (nSPS) is 15.3. The molecule has 0 unspecified atom stereocenters. The van der Waals surface area contributed by atoms with Crippen LogP contribution in [0.1, 0.15) is 41.5 Å². The maximum Gasteiger partial charge on any atom is 0.234 e. The lowest BCUT2D eigenvalue weighted by molar-refractivity contribution is -0.122. The number of hydrogen-bond donors (Lipinski definition) is 2. The molecular weight excluding hydrogens is 452 g/mol. The van der Waals surface area contributed by atoms with Gasteiger partial charge in [-0.2, -0.15) is 0 Å². The SMILES string of the molecule is O=C(Cc1ccc2c(c1)CN(Cc1ccccc1)CC(=O)NCCCCCO2)NCc1cccnc1. The van der Waals surface area contributed by atoms with Gasteiger partial charge in [-0.15, -0.1) is 0 Å². The van der Waals surface area contributed by atoms with Gasteiger partial charge in [-0.25, -0.2) is 0 Å². The molecule has 0 fully saturated rings. The molecule has 1 aliphatic rings. The summed E-state index contributed by atoms with van der Waals surface area (Å²) in [5.74, 6) is 0.788. The number of benzene rings is 2. The number of carbonyl (C=O) groups excluding carboxylic acids is 2. The fourth-order valence-electron chi connectivity index (χ4n) is 4.28. The monoisotopic (exact) mass is 486 g/mol. The molecule has 2 aromatic carbocycles. The molecule has 2 amide bonds. The Balaban J connectivity index is 1.50. The first-order valence-electron chi connectivity index (χ1n) is 12.6. The lowest BCUT2D eigenvalue weighted by Crippen LogP contribution is -2.37. The molecule has 1 aliphatic heterocycles. The highest BCUT2D eigenvalue weighted by Crippen LogP contribution is 2.24. The van der Waals surface area contributed by atoms with Crippen molar-refractivity contribution in [3.05, 3.63) is 95.3 Å². The first kappa shape index (κ1) is 25.4. The van der Waals surface area contributed by atoms with Gasteiger partial charge in [0.25, 0.3) is 0 Å². The topological polar surface area (TPSA) is 83.6 Å². The van der Waals surface area contributed by atoms with Crippen LogP contribution in [0.3, 0.4) is 0 Å². The maximum absolute atomic E-state index is 12.7. The van der Waals surface area contributed by atoms with E-state index >= 15 is 0 Å². The van der Waals surface area contributed by atoms with Gasteiger partial charge < -0.3 is 15.4 Å². The lowest BCUT2D eigenvalue weighted by Gasteiger charge is -2.23. The second-order valence-corrected chi connectivity index (χ2v) is 9.15. The summed E-state index contributed by atoms with van der Waals surface area (Å²) < 4.78 is 6.15. The quantitative estimate of drug-likeness (QED) is 0.556. The van der Waals surface area contributed by atoms with Crippen molar-refractivity contribution < 1.29 is 14.3 Å². The van der Waals surface area contributed by atoms with E-state index in [2.05, 4.69) is 32.7 Å². The third kappa shape index (κ3) is 8.20. The van der Waals surface area contributed by atoms with Crippen molar-refractivity contribution in [2.45, 2.75) is 45.3 Å². The van der Waals surface area contributed by atoms with Crippen molar-refractivity contribution in [2.75, 3.05) is 19.7 Å². The summed E-state index contributed by atoms with van der Waals surface area (Å²) in [6.45, 7) is 3.24. The minimum absolute atomic E-state index is 0.0265. The Morgan fingerprint density at radius 2 is 1.83 bits per heavy atom. The van der Waals surface area contributed by atoms with Crippen LogP contribution in [0, 0.1) is 0 Å². The van der Waals surface area contributed by atoms with Gasteiger partial charge in [0.1, 0.15) is 5.75 Å². The number of aromatic nitrogens is 1. The molecule has 0 aliphatic carbocycles. The number of fused-ring (bicyclic) bond motifs is 1. The number of pyridine rings is 1. The molecule has 188 valence electrons. The number of rotatable bonds is 6. The third-order valence-electron chi connectivity index (χ3n) is 6.11. The molecular formula is C29H34N4O3. The Kier molecular flexibility index (Phi) is 9.45. The smallest absolute Gasteiger partial charge is 0.234 e. The number of ether oxygens (including phenoxy) is 1. The first-order chi connectivity index (χ1) is 17.7. The summed E-state index contributed by atoms with van der Waals surface area (Å²) in [6.07, 6.45) is 6.60. The van der Waals surface area contributed by atoms with Crippen LogP contribution in [0.2, 0.25) is 0 Å². The van der Waals surface area contributed by atoms with Crippen molar-refractivity contribution in [1.82, 2.24) is 20.5 Å². The van der Waals surface area contributed by atoms with E-state index in [-0.39, 0.29) is 18.2 Å². The molecule has 36 heavy (non-hydrogen) atoms. The highest BCUT2D eigenvalue weighted by molar-refractivity contribution is 5.79. The Morgan fingerprint density at radius 1 is 0.972 bits per heavy atom. The van der Waals surface area contributed by atoms with Gasteiger partial charge in [0.05, 0.1) is 19.6 Å². The van der Waals surface area contributed by atoms with Gasteiger partial charge in [-0.3, -0.25) is 19.5 Å². The zero-order chi connectivity index (χ0) is 25.0. The molecule has 7 nitrogen and oxygen atoms in total. The Hall–Kier alpha value is -3.71. The van der Waals surface area contributed by atoms with Crippen molar-refractivity contribution in [2.24, 2.45) is 0 Å². The van der Waals surface area contributed by atoms with E-state index in [0.29, 0.717) is 39.3 Å². The summed E-state index contributed by atoms with van der Waals surface area (Å²) in [7, 11) is 0. The van der Waals surface area contributed by atoms with E-state index in [0.717, 1.165) is 47.3 Å². The van der Waals surface area contributed by atoms with Gasteiger partial charge in [0.2, 0.25) is 11.8 Å². The average molecular weight is 487 g/mol. The van der Waals surface area contributed by atoms with Gasteiger partial charge in [-0.05, 0) is 48.1 Å². The second-order valence-electron chi connectivity index (χ2n) is 9.15. The number of hydrogen-bond acceptors (Lipinski definition) is 5. The summed E-state index contributed by atoms with van der Waals surface area (Å²) in [5.41, 5.74) is 4.00. The van der Waals surface area contributed by atoms with Crippen LogP contribution in [0.15, 0.2) is 73.1 Å². The van der Waals surface area contributed by atoms with Gasteiger partial charge in [-0.1, -0.05) is 48.5 Å². The van der Waals surface area contributed by atoms with Crippen molar-refractivity contribution in [1.29, 1.82) is 0 Å². The van der Waals surface area contributed by atoms with E-state index in [1.165, 1.54) is 0 Å². The van der Waals surface area contributed by atoms with Crippen LogP contribution in [-0.2, 0) is 35.6 Å². The maximum atomic E-state index is 12.7. The van der Waals surface area contributed by atoms with E-state index in [1.807, 2.05) is 48.5 Å². The Morgan fingerprint density at radius 3 is 2.67 bits per heavy atom. The van der Waals surface area contributed by atoms with Crippen molar-refractivity contribution in [3.63, 3.8) is 0 Å². The molecule has 4 rings (SSSR count). The molecule has 7 heteroatoms. The number of carbonyl (C=O) groups is 2. The van der Waals surface area contributed by atoms with Crippen LogP contribution in [0.4, 0.5) is 0 Å². The highest BCUT2D eigenvalue weighted by Gasteiger charge is 2.17. The molecule has 0 atom stereocenters. The van der Waals surface area contributed by atoms with Crippen LogP contribution in [0.25, 0.3) is 0 Å². The predicted octanol–water partition coefficient (Wildman–Crippen LogP) is 3.62. The molecule has 0 saturated heterocycles. The molecule has 0 bridgehead atoms. The van der Waals surface area contributed by atoms with Crippen LogP contribution in [0.5, 0.6) is 5.75 Å². The number of amides is 2. The van der Waals surface area contributed by atoms with E-state index < -0.39 is 0 Å². The predicted molar refractivity (Wildman–Crippen MR) is 139 cm³/mol. The zero-order valence-corrected chi connectivity index (χ0v) is 20.6. The summed E-state index contributed by atoms with van der Waals surface area (Å²) in [5, 5.41) is 6.01. The largest absolute Gasteiger partial charge is 0.493 e. The molecule has 3 aromatic rings. The van der Waals surface area contributed by atoms with E-state index in [4.69, 9.17) is 4.74 Å². The second kappa shape index (κ2) is 13.4. The standard InChI is InChI=1S/C29H34N4O3/c34-28(32-19-25-10-7-13-30-18-25)17-24-11-12-27-26(16-24)21-33(20-23-8-3-1-4-9-23)22-29(35)31-14-5-2-6-15-36-27/h1,3-4,7-13,16,18H,2,5-6,14-15,17,19-22H2,(H,31,35)(H,32,34). The van der Waals surface area contributed by atoms with Gasteiger partial charge >= 0.3 is 0 Å². The van der Waals surface area contributed by atoms with Crippen LogP contribution < -0.4 is 15.4 Å². The lowest BCUT2D eigenvalue weighted by atomic mass is 10.1. The summed E-state index contributed by atoms with van der Waals surface area (Å²) >= 11 is 0. The molecule has 2 N–H and O–H groups in total. The molecule has 0 radical (unpaired) electrons. The number of nitrogens with zero attached hydrogens (tertiary/aromatic N) is 2. The van der Waals surface area contributed by atoms with E-state index in [9.17, 15) is 9.59 Å². The Bertz CT molecular complexity index is 1120. The zero-order valence-electron chi connectivity index (χ0n) is 20.6. The molecule has 0 saturated carbocycles. The molecule has 0 spiro atoms. The molecule has 2 heterocycles. The van der Waals surface area contributed by atoms with E-state index in [1.54, 1.807) is 12.4 Å². The van der Waals surface area contributed by atoms with Gasteiger partial charge in [0.15, 0.2) is 0 Å². The first-order valence-corrected chi connectivity index (χ1v) is 12.6. The number of nitrogens with one attached hydrogen (secondary N) is 2. The fraction of sp³-hybridized carbons (Fsp3) is 0.345. The van der Waals surface area contributed by atoms with Crippen LogP contribution in [-0.4, -0.2) is 41.4 Å². The average Bonchev–Trinajstić information content (AvgIpc) is 2.90. The minimum Gasteiger partial charge on any atom is -0.493 e. The minimum atomic E-state index is -0.0510.